The van der Waals surface area contributed by atoms with Gasteiger partial charge < -0.3 is 9.80 Å². The maximum atomic E-state index is 12.7. The van der Waals surface area contributed by atoms with Gasteiger partial charge in [0.25, 0.3) is 0 Å². The van der Waals surface area contributed by atoms with Gasteiger partial charge in [-0.15, -0.1) is 0 Å². The molecule has 19 heavy (non-hydrogen) atoms. The molecule has 3 aliphatic rings. The van der Waals surface area contributed by atoms with Crippen LogP contribution in [-0.2, 0) is 9.59 Å². The average Bonchev–Trinajstić information content (AvgIpc) is 3.05. The lowest BCUT2D eigenvalue weighted by molar-refractivity contribution is -0.140. The lowest BCUT2D eigenvalue weighted by Crippen LogP contribution is -2.49. The van der Waals surface area contributed by atoms with Crippen molar-refractivity contribution in [3.8, 4) is 0 Å². The van der Waals surface area contributed by atoms with Crippen molar-refractivity contribution in [1.82, 2.24) is 9.80 Å². The van der Waals surface area contributed by atoms with E-state index in [1.165, 1.54) is 12.8 Å². The molecule has 0 aromatic heterocycles. The Bertz CT molecular complexity index is 388. The number of carbonyl (C=O) groups is 2. The number of fused-ring (bicyclic) bond motifs is 1. The molecular weight excluding hydrogens is 260 g/mol. The van der Waals surface area contributed by atoms with Crippen LogP contribution in [0.15, 0.2) is 0 Å². The van der Waals surface area contributed by atoms with Crippen LogP contribution in [-0.4, -0.2) is 58.3 Å². The van der Waals surface area contributed by atoms with Gasteiger partial charge in [-0.3, -0.25) is 9.59 Å². The molecule has 0 spiro atoms. The highest BCUT2D eigenvalue weighted by molar-refractivity contribution is 7.99. The van der Waals surface area contributed by atoms with E-state index in [-0.39, 0.29) is 17.9 Å². The van der Waals surface area contributed by atoms with Crippen LogP contribution in [0.3, 0.4) is 0 Å². The Morgan fingerprint density at radius 2 is 1.89 bits per heavy atom. The van der Waals surface area contributed by atoms with Crippen molar-refractivity contribution in [2.24, 2.45) is 0 Å². The Morgan fingerprint density at radius 3 is 2.68 bits per heavy atom. The minimum absolute atomic E-state index is 0.155. The van der Waals surface area contributed by atoms with Gasteiger partial charge in [0.2, 0.25) is 11.8 Å². The SMILES string of the molecule is CSC1CCCC1N1CCC(=O)N2CCCC2C1=O. The highest BCUT2D eigenvalue weighted by Crippen LogP contribution is 2.34. The summed E-state index contributed by atoms with van der Waals surface area (Å²) in [5.41, 5.74) is 0. The fourth-order valence-corrected chi connectivity index (χ4v) is 4.85. The van der Waals surface area contributed by atoms with Gasteiger partial charge in [0.05, 0.1) is 0 Å². The first kappa shape index (κ1) is 13.3. The number of rotatable bonds is 2. The van der Waals surface area contributed by atoms with E-state index in [1.54, 1.807) is 0 Å². The summed E-state index contributed by atoms with van der Waals surface area (Å²) in [6, 6.07) is 0.203. The first-order chi connectivity index (χ1) is 9.22. The highest BCUT2D eigenvalue weighted by atomic mass is 32.2. The highest BCUT2D eigenvalue weighted by Gasteiger charge is 2.43. The summed E-state index contributed by atoms with van der Waals surface area (Å²) in [7, 11) is 0. The molecule has 2 heterocycles. The van der Waals surface area contributed by atoms with Crippen LogP contribution in [0.25, 0.3) is 0 Å². The molecule has 3 atom stereocenters. The first-order valence-electron chi connectivity index (χ1n) is 7.35. The summed E-state index contributed by atoms with van der Waals surface area (Å²) < 4.78 is 0. The third-order valence-electron chi connectivity index (χ3n) is 4.83. The Morgan fingerprint density at radius 1 is 1.05 bits per heavy atom. The molecule has 0 N–H and O–H groups in total. The zero-order valence-corrected chi connectivity index (χ0v) is 12.3. The molecule has 3 rings (SSSR count). The molecule has 3 fully saturated rings. The molecule has 106 valence electrons. The molecule has 1 saturated carbocycles. The molecule has 0 aromatic carbocycles. The van der Waals surface area contributed by atoms with Crippen molar-refractivity contribution in [2.75, 3.05) is 19.3 Å². The van der Waals surface area contributed by atoms with Crippen LogP contribution in [0.1, 0.15) is 38.5 Å². The molecule has 0 aromatic rings. The molecule has 2 amide bonds. The number of hydrogen-bond donors (Lipinski definition) is 0. The third-order valence-corrected chi connectivity index (χ3v) is 5.98. The van der Waals surface area contributed by atoms with E-state index in [0.717, 1.165) is 25.8 Å². The average molecular weight is 282 g/mol. The smallest absolute Gasteiger partial charge is 0.245 e. The van der Waals surface area contributed by atoms with Crippen LogP contribution < -0.4 is 0 Å². The topological polar surface area (TPSA) is 40.6 Å². The minimum atomic E-state index is -0.155. The lowest BCUT2D eigenvalue weighted by atomic mass is 10.1. The van der Waals surface area contributed by atoms with E-state index in [4.69, 9.17) is 0 Å². The number of thioether (sulfide) groups is 1. The molecule has 1 aliphatic carbocycles. The van der Waals surface area contributed by atoms with Crippen molar-refractivity contribution in [2.45, 2.75) is 55.9 Å². The summed E-state index contributed by atoms with van der Waals surface area (Å²) in [5.74, 6) is 0.395. The lowest BCUT2D eigenvalue weighted by Gasteiger charge is -2.33. The predicted molar refractivity (Wildman–Crippen MR) is 76.0 cm³/mol. The van der Waals surface area contributed by atoms with Gasteiger partial charge in [-0.1, -0.05) is 6.42 Å². The fraction of sp³-hybridized carbons (Fsp3) is 0.857. The third kappa shape index (κ3) is 2.26. The number of carbonyl (C=O) groups excluding carboxylic acids is 2. The molecule has 3 unspecified atom stereocenters. The quantitative estimate of drug-likeness (QED) is 0.770. The zero-order valence-electron chi connectivity index (χ0n) is 11.5. The molecule has 4 nitrogen and oxygen atoms in total. The first-order valence-corrected chi connectivity index (χ1v) is 8.64. The van der Waals surface area contributed by atoms with Gasteiger partial charge in [0, 0.05) is 30.8 Å². The van der Waals surface area contributed by atoms with Crippen molar-refractivity contribution < 1.29 is 9.59 Å². The van der Waals surface area contributed by atoms with Gasteiger partial charge >= 0.3 is 0 Å². The maximum absolute atomic E-state index is 12.7. The Hall–Kier alpha value is -0.710. The normalized spacial score (nSPS) is 35.7. The van der Waals surface area contributed by atoms with Gasteiger partial charge in [0.1, 0.15) is 6.04 Å². The van der Waals surface area contributed by atoms with Crippen LogP contribution >= 0.6 is 11.8 Å². The van der Waals surface area contributed by atoms with Crippen LogP contribution in [0.5, 0.6) is 0 Å². The number of amides is 2. The Balaban J connectivity index is 1.81. The Kier molecular flexibility index (Phi) is 3.74. The van der Waals surface area contributed by atoms with Crippen molar-refractivity contribution >= 4 is 23.6 Å². The summed E-state index contributed by atoms with van der Waals surface area (Å²) in [4.78, 5) is 28.7. The summed E-state index contributed by atoms with van der Waals surface area (Å²) in [6.45, 7) is 1.41. The van der Waals surface area contributed by atoms with Crippen LogP contribution in [0, 0.1) is 0 Å². The minimum Gasteiger partial charge on any atom is -0.336 e. The van der Waals surface area contributed by atoms with Crippen molar-refractivity contribution in [3.05, 3.63) is 0 Å². The molecule has 5 heteroatoms. The van der Waals surface area contributed by atoms with E-state index in [1.807, 2.05) is 21.6 Å². The van der Waals surface area contributed by atoms with Gasteiger partial charge in [0.15, 0.2) is 0 Å². The second-order valence-corrected chi connectivity index (χ2v) is 6.88. The summed E-state index contributed by atoms with van der Waals surface area (Å²) >= 11 is 1.88. The zero-order chi connectivity index (χ0) is 13.4. The maximum Gasteiger partial charge on any atom is 0.245 e. The Labute approximate surface area is 118 Å². The molecule has 0 radical (unpaired) electrons. The fourth-order valence-electron chi connectivity index (χ4n) is 3.85. The standard InChI is InChI=1S/C14H22N2O2S/c1-19-12-6-2-4-10(12)16-9-7-13(17)15-8-3-5-11(15)14(16)18/h10-12H,2-9H2,1H3. The molecule has 2 saturated heterocycles. The van der Waals surface area contributed by atoms with Crippen LogP contribution in [0.4, 0.5) is 0 Å². The molecule has 0 bridgehead atoms. The molecular formula is C14H22N2O2S. The largest absolute Gasteiger partial charge is 0.336 e. The van der Waals surface area contributed by atoms with Crippen molar-refractivity contribution in [3.63, 3.8) is 0 Å². The van der Waals surface area contributed by atoms with Gasteiger partial charge in [-0.2, -0.15) is 11.8 Å². The molecule has 2 aliphatic heterocycles. The second-order valence-electron chi connectivity index (χ2n) is 5.80. The monoisotopic (exact) mass is 282 g/mol. The number of hydrogen-bond acceptors (Lipinski definition) is 3. The van der Waals surface area contributed by atoms with E-state index in [0.29, 0.717) is 24.3 Å². The second kappa shape index (κ2) is 5.35. The van der Waals surface area contributed by atoms with Gasteiger partial charge in [-0.05, 0) is 31.9 Å². The summed E-state index contributed by atoms with van der Waals surface area (Å²) in [6.07, 6.45) is 8.01. The number of nitrogens with zero attached hydrogens (tertiary/aromatic N) is 2. The van der Waals surface area contributed by atoms with E-state index in [2.05, 4.69) is 6.26 Å². The van der Waals surface area contributed by atoms with E-state index < -0.39 is 0 Å². The predicted octanol–water partition coefficient (Wildman–Crippen LogP) is 1.49. The van der Waals surface area contributed by atoms with Gasteiger partial charge in [-0.25, -0.2) is 0 Å². The summed E-state index contributed by atoms with van der Waals surface area (Å²) in [5, 5.41) is 0.562. The van der Waals surface area contributed by atoms with Crippen molar-refractivity contribution in [1.29, 1.82) is 0 Å². The van der Waals surface area contributed by atoms with E-state index in [9.17, 15) is 9.59 Å². The van der Waals surface area contributed by atoms with E-state index >= 15 is 0 Å². The van der Waals surface area contributed by atoms with Crippen LogP contribution in [0.2, 0.25) is 0 Å².